The zero-order valence-electron chi connectivity index (χ0n) is 22.5. The molecule has 3 heteroatoms. The molecule has 0 saturated heterocycles. The van der Waals surface area contributed by atoms with E-state index in [1.807, 2.05) is 0 Å². The summed E-state index contributed by atoms with van der Waals surface area (Å²) in [6, 6.07) is 0. The van der Waals surface area contributed by atoms with E-state index in [2.05, 4.69) is 33.9 Å². The van der Waals surface area contributed by atoms with Crippen molar-refractivity contribution in [3.8, 4) is 0 Å². The molecule has 0 unspecified atom stereocenters. The molecule has 0 aromatic carbocycles. The highest BCUT2D eigenvalue weighted by Gasteiger charge is 2.24. The smallest absolute Gasteiger partial charge is 0.331 e. The topological polar surface area (TPSA) is 18.5 Å². The molecule has 0 rings (SSSR count). The number of rotatable bonds is 25. The van der Waals surface area contributed by atoms with Crippen molar-refractivity contribution in [2.75, 3.05) is 13.2 Å². The van der Waals surface area contributed by atoms with Gasteiger partial charge in [0.25, 0.3) is 0 Å². The van der Waals surface area contributed by atoms with Gasteiger partial charge in [-0.1, -0.05) is 143 Å². The summed E-state index contributed by atoms with van der Waals surface area (Å²) in [6.45, 7) is 12.8. The van der Waals surface area contributed by atoms with Gasteiger partial charge in [0.1, 0.15) is 0 Å². The molecule has 31 heavy (non-hydrogen) atoms. The second-order valence-corrected chi connectivity index (χ2v) is 14.0. The Morgan fingerprint density at radius 2 is 0.806 bits per heavy atom. The average molecular weight is 457 g/mol. The Hall–Kier alpha value is 0.137. The fourth-order valence-corrected chi connectivity index (χ4v) is 5.54. The molecule has 0 atom stereocenters. The first kappa shape index (κ1) is 31.1. The van der Waals surface area contributed by atoms with E-state index in [9.17, 15) is 0 Å². The van der Waals surface area contributed by atoms with E-state index < -0.39 is 8.56 Å². The molecule has 0 radical (unpaired) electrons. The number of hydrogen-bond acceptors (Lipinski definition) is 2. The largest absolute Gasteiger partial charge is 0.395 e. The Morgan fingerprint density at radius 3 is 1.13 bits per heavy atom. The van der Waals surface area contributed by atoms with Crippen LogP contribution in [0.5, 0.6) is 0 Å². The van der Waals surface area contributed by atoms with Crippen molar-refractivity contribution in [1.29, 1.82) is 0 Å². The van der Waals surface area contributed by atoms with Gasteiger partial charge in [-0.05, 0) is 25.4 Å². The van der Waals surface area contributed by atoms with Crippen LogP contribution in [0.15, 0.2) is 0 Å². The normalized spacial score (nSPS) is 12.2. The van der Waals surface area contributed by atoms with E-state index in [0.717, 1.165) is 13.2 Å². The highest BCUT2D eigenvalue weighted by atomic mass is 28.4. The van der Waals surface area contributed by atoms with E-state index in [1.54, 1.807) is 0 Å². The van der Waals surface area contributed by atoms with Gasteiger partial charge in [0.2, 0.25) is 0 Å². The van der Waals surface area contributed by atoms with E-state index >= 15 is 0 Å². The van der Waals surface area contributed by atoms with Crippen LogP contribution in [0.2, 0.25) is 13.1 Å². The van der Waals surface area contributed by atoms with Crippen LogP contribution in [0.1, 0.15) is 149 Å². The van der Waals surface area contributed by atoms with Gasteiger partial charge in [-0.15, -0.1) is 0 Å². The third kappa shape index (κ3) is 26.3. The summed E-state index contributed by atoms with van der Waals surface area (Å²) in [5.41, 5.74) is 0. The Morgan fingerprint density at radius 1 is 0.484 bits per heavy atom. The SMILES string of the molecule is CCCCCCCCCCCCCCCCCCCCCCO[Si](C)(C)OCC(C)C. The van der Waals surface area contributed by atoms with E-state index in [0.29, 0.717) is 5.92 Å². The highest BCUT2D eigenvalue weighted by molar-refractivity contribution is 6.64. The van der Waals surface area contributed by atoms with E-state index in [1.165, 1.54) is 128 Å². The molecule has 0 spiro atoms. The first-order valence-electron chi connectivity index (χ1n) is 14.3. The minimum absolute atomic E-state index is 0.593. The molecule has 0 heterocycles. The third-order valence-corrected chi connectivity index (χ3v) is 7.97. The summed E-state index contributed by atoms with van der Waals surface area (Å²) in [7, 11) is -1.88. The molecule has 2 nitrogen and oxygen atoms in total. The van der Waals surface area contributed by atoms with Crippen LogP contribution in [-0.2, 0) is 8.85 Å². The first-order valence-corrected chi connectivity index (χ1v) is 17.1. The number of hydrogen-bond donors (Lipinski definition) is 0. The summed E-state index contributed by atoms with van der Waals surface area (Å²) >= 11 is 0. The van der Waals surface area contributed by atoms with Crippen LogP contribution >= 0.6 is 0 Å². The summed E-state index contributed by atoms with van der Waals surface area (Å²) in [5, 5.41) is 0. The molecule has 0 bridgehead atoms. The predicted octanol–water partition coefficient (Wildman–Crippen LogP) is 10.2. The summed E-state index contributed by atoms with van der Waals surface area (Å²) in [5.74, 6) is 0.593. The van der Waals surface area contributed by atoms with Crippen molar-refractivity contribution in [2.45, 2.75) is 162 Å². The fraction of sp³-hybridized carbons (Fsp3) is 1.00. The summed E-state index contributed by atoms with van der Waals surface area (Å²) in [4.78, 5) is 0. The molecule has 0 aromatic heterocycles. The van der Waals surface area contributed by atoms with Gasteiger partial charge in [0.15, 0.2) is 0 Å². The Bertz CT molecular complexity index is 344. The summed E-state index contributed by atoms with van der Waals surface area (Å²) in [6.07, 6.45) is 28.6. The minimum atomic E-state index is -1.88. The molecule has 0 aliphatic carbocycles. The van der Waals surface area contributed by atoms with Gasteiger partial charge >= 0.3 is 8.56 Å². The van der Waals surface area contributed by atoms with Crippen LogP contribution in [0.4, 0.5) is 0 Å². The quantitative estimate of drug-likeness (QED) is 0.100. The lowest BCUT2D eigenvalue weighted by molar-refractivity contribution is 0.159. The molecule has 0 aromatic rings. The second kappa shape index (κ2) is 23.3. The van der Waals surface area contributed by atoms with Gasteiger partial charge in [-0.2, -0.15) is 0 Å². The Kier molecular flexibility index (Phi) is 23.4. The van der Waals surface area contributed by atoms with Crippen molar-refractivity contribution >= 4 is 8.56 Å². The van der Waals surface area contributed by atoms with Crippen LogP contribution in [0.25, 0.3) is 0 Å². The van der Waals surface area contributed by atoms with Gasteiger partial charge in [0.05, 0.1) is 0 Å². The molecule has 0 aliphatic rings. The van der Waals surface area contributed by atoms with E-state index in [-0.39, 0.29) is 0 Å². The standard InChI is InChI=1S/C28H60O2Si/c1-6-7-8-9-10-11-12-13-14-15-16-17-18-19-20-21-22-23-24-25-26-29-31(4,5)30-27-28(2)3/h28H,6-27H2,1-5H3. The first-order chi connectivity index (χ1) is 15.0. The Balaban J connectivity index is 3.15. The van der Waals surface area contributed by atoms with Crippen LogP contribution in [0, 0.1) is 5.92 Å². The maximum atomic E-state index is 6.03. The van der Waals surface area contributed by atoms with Gasteiger partial charge in [0, 0.05) is 13.2 Å². The highest BCUT2D eigenvalue weighted by Crippen LogP contribution is 2.15. The molecule has 0 N–H and O–H groups in total. The lowest BCUT2D eigenvalue weighted by Gasteiger charge is -2.24. The monoisotopic (exact) mass is 456 g/mol. The number of unbranched alkanes of at least 4 members (excludes halogenated alkanes) is 19. The fourth-order valence-electron chi connectivity index (χ4n) is 4.08. The van der Waals surface area contributed by atoms with Crippen molar-refractivity contribution in [3.63, 3.8) is 0 Å². The van der Waals surface area contributed by atoms with Crippen LogP contribution in [-0.4, -0.2) is 21.8 Å². The predicted molar refractivity (Wildman–Crippen MR) is 142 cm³/mol. The van der Waals surface area contributed by atoms with Crippen molar-refractivity contribution in [1.82, 2.24) is 0 Å². The Labute approximate surface area is 198 Å². The molecular formula is C28H60O2Si. The zero-order chi connectivity index (χ0) is 23.0. The molecule has 0 amide bonds. The van der Waals surface area contributed by atoms with Crippen LogP contribution < -0.4 is 0 Å². The molecule has 0 aliphatic heterocycles. The maximum Gasteiger partial charge on any atom is 0.331 e. The van der Waals surface area contributed by atoms with Crippen molar-refractivity contribution < 1.29 is 8.85 Å². The van der Waals surface area contributed by atoms with E-state index in [4.69, 9.17) is 8.85 Å². The molecule has 0 fully saturated rings. The lowest BCUT2D eigenvalue weighted by atomic mass is 10.0. The zero-order valence-corrected chi connectivity index (χ0v) is 23.5. The molecule has 0 saturated carbocycles. The van der Waals surface area contributed by atoms with Gasteiger partial charge < -0.3 is 8.85 Å². The summed E-state index contributed by atoms with van der Waals surface area (Å²) < 4.78 is 12.0. The molecule has 188 valence electrons. The third-order valence-electron chi connectivity index (χ3n) is 6.21. The lowest BCUT2D eigenvalue weighted by Crippen LogP contribution is -2.36. The van der Waals surface area contributed by atoms with Gasteiger partial charge in [-0.3, -0.25) is 0 Å². The average Bonchev–Trinajstić information content (AvgIpc) is 2.73. The maximum absolute atomic E-state index is 6.03. The minimum Gasteiger partial charge on any atom is -0.395 e. The van der Waals surface area contributed by atoms with Crippen molar-refractivity contribution in [2.24, 2.45) is 5.92 Å². The van der Waals surface area contributed by atoms with Crippen molar-refractivity contribution in [3.05, 3.63) is 0 Å². The second-order valence-electron chi connectivity index (χ2n) is 10.7. The van der Waals surface area contributed by atoms with Gasteiger partial charge in [-0.25, -0.2) is 0 Å². The van der Waals surface area contributed by atoms with Crippen LogP contribution in [0.3, 0.4) is 0 Å². The molecular weight excluding hydrogens is 396 g/mol.